The van der Waals surface area contributed by atoms with E-state index in [1.807, 2.05) is 43.3 Å². The zero-order valence-electron chi connectivity index (χ0n) is 20.7. The Labute approximate surface area is 211 Å². The van der Waals surface area contributed by atoms with Crippen molar-refractivity contribution in [2.45, 2.75) is 27.7 Å². The molecule has 0 fully saturated rings. The minimum atomic E-state index is -0.319. The Morgan fingerprint density at radius 1 is 1.00 bits per heavy atom. The van der Waals surface area contributed by atoms with Crippen molar-refractivity contribution in [2.75, 3.05) is 43.4 Å². The number of benzene rings is 2. The molecule has 0 radical (unpaired) electrons. The summed E-state index contributed by atoms with van der Waals surface area (Å²) < 4.78 is 16.7. The lowest BCUT2D eigenvalue weighted by molar-refractivity contribution is 0.310. The topological polar surface area (TPSA) is 62.7 Å². The van der Waals surface area contributed by atoms with Crippen LogP contribution in [-0.2, 0) is 0 Å². The van der Waals surface area contributed by atoms with Gasteiger partial charge in [-0.15, -0.1) is 0 Å². The molecule has 2 aromatic heterocycles. The zero-order valence-corrected chi connectivity index (χ0v) is 21.5. The van der Waals surface area contributed by atoms with Gasteiger partial charge in [-0.1, -0.05) is 37.6 Å². The van der Waals surface area contributed by atoms with Gasteiger partial charge in [0.2, 0.25) is 0 Å². The van der Waals surface area contributed by atoms with Crippen molar-refractivity contribution in [3.63, 3.8) is 0 Å². The van der Waals surface area contributed by atoms with Crippen molar-refractivity contribution in [1.82, 2.24) is 19.5 Å². The third-order valence-electron chi connectivity index (χ3n) is 6.54. The summed E-state index contributed by atoms with van der Waals surface area (Å²) in [4.78, 5) is 9.43. The average molecular weight is 495 g/mol. The number of aryl methyl sites for hydroxylation is 1. The van der Waals surface area contributed by atoms with E-state index >= 15 is 4.39 Å². The van der Waals surface area contributed by atoms with Crippen molar-refractivity contribution < 1.29 is 4.39 Å². The van der Waals surface area contributed by atoms with Crippen LogP contribution in [0.5, 0.6) is 0 Å². The third-order valence-corrected chi connectivity index (χ3v) is 6.78. The number of fused-ring (bicyclic) bond motifs is 1. The van der Waals surface area contributed by atoms with Crippen LogP contribution in [-0.4, -0.2) is 52.2 Å². The summed E-state index contributed by atoms with van der Waals surface area (Å²) in [6, 6.07) is 12.7. The summed E-state index contributed by atoms with van der Waals surface area (Å²) in [7, 11) is 0. The molecule has 0 atom stereocenters. The van der Waals surface area contributed by atoms with Gasteiger partial charge in [0.1, 0.15) is 11.6 Å². The average Bonchev–Trinajstić information content (AvgIpc) is 3.26. The summed E-state index contributed by atoms with van der Waals surface area (Å²) in [6.45, 7) is 13.0. The lowest BCUT2D eigenvalue weighted by Gasteiger charge is -2.27. The predicted molar refractivity (Wildman–Crippen MR) is 144 cm³/mol. The molecule has 0 aliphatic heterocycles. The first kappa shape index (κ1) is 24.9. The molecule has 0 spiro atoms. The van der Waals surface area contributed by atoms with E-state index < -0.39 is 0 Å². The molecule has 0 aliphatic rings. The van der Waals surface area contributed by atoms with Gasteiger partial charge >= 0.3 is 0 Å². The summed E-state index contributed by atoms with van der Waals surface area (Å²) in [5.41, 5.74) is 11.4. The van der Waals surface area contributed by atoms with Gasteiger partial charge in [0.25, 0.3) is 0 Å². The lowest BCUT2D eigenvalue weighted by Crippen LogP contribution is -2.35. The van der Waals surface area contributed by atoms with Crippen LogP contribution in [0.2, 0.25) is 5.02 Å². The number of hydrogen-bond donors (Lipinski definition) is 1. The fourth-order valence-electron chi connectivity index (χ4n) is 4.51. The molecule has 35 heavy (non-hydrogen) atoms. The standard InChI is InChI=1S/C27H32ClFN6/c1-5-33(6-2)13-14-34(7-3)21-11-12-24(29)22(16-21)23-17-31-35-26(30)25(18(4)32-27(23)35)19-9-8-10-20(28)15-19/h8-12,15-17H,5-7,13-14,30H2,1-4H3. The first-order valence-electron chi connectivity index (χ1n) is 12.0. The number of aromatic nitrogens is 3. The molecular weight excluding hydrogens is 463 g/mol. The zero-order chi connectivity index (χ0) is 25.1. The predicted octanol–water partition coefficient (Wildman–Crippen LogP) is 5.91. The second kappa shape index (κ2) is 10.6. The minimum absolute atomic E-state index is 0.319. The van der Waals surface area contributed by atoms with Gasteiger partial charge in [-0.25, -0.2) is 9.37 Å². The SMILES string of the molecule is CCN(CC)CCN(CC)c1ccc(F)c(-c2cnn3c(N)c(-c4cccc(Cl)c4)c(C)nc23)c1. The fraction of sp³-hybridized carbons (Fsp3) is 0.333. The maximum atomic E-state index is 15.1. The molecule has 0 saturated carbocycles. The van der Waals surface area contributed by atoms with Crippen molar-refractivity contribution in [1.29, 1.82) is 0 Å². The first-order chi connectivity index (χ1) is 16.9. The molecule has 0 amide bonds. The van der Waals surface area contributed by atoms with Gasteiger partial charge in [-0.2, -0.15) is 9.61 Å². The maximum Gasteiger partial charge on any atom is 0.165 e. The van der Waals surface area contributed by atoms with E-state index in [4.69, 9.17) is 22.3 Å². The normalized spacial score (nSPS) is 11.5. The van der Waals surface area contributed by atoms with Crippen LogP contribution in [0.25, 0.3) is 27.9 Å². The van der Waals surface area contributed by atoms with E-state index in [0.29, 0.717) is 27.6 Å². The van der Waals surface area contributed by atoms with Gasteiger partial charge in [-0.3, -0.25) is 0 Å². The fourth-order valence-corrected chi connectivity index (χ4v) is 4.70. The number of halogens is 2. The molecule has 2 N–H and O–H groups in total. The Morgan fingerprint density at radius 2 is 1.77 bits per heavy atom. The molecule has 184 valence electrons. The van der Waals surface area contributed by atoms with Gasteiger partial charge in [0.15, 0.2) is 5.65 Å². The van der Waals surface area contributed by atoms with E-state index in [2.05, 4.69) is 35.7 Å². The lowest BCUT2D eigenvalue weighted by atomic mass is 10.0. The molecule has 0 unspecified atom stereocenters. The largest absolute Gasteiger partial charge is 0.383 e. The summed E-state index contributed by atoms with van der Waals surface area (Å²) in [5.74, 6) is 0.118. The smallest absolute Gasteiger partial charge is 0.165 e. The van der Waals surface area contributed by atoms with Crippen molar-refractivity contribution in [2.24, 2.45) is 0 Å². The van der Waals surface area contributed by atoms with Gasteiger partial charge in [-0.05, 0) is 62.8 Å². The van der Waals surface area contributed by atoms with Gasteiger partial charge in [0, 0.05) is 47.0 Å². The van der Waals surface area contributed by atoms with Crippen LogP contribution in [0.3, 0.4) is 0 Å². The van der Waals surface area contributed by atoms with E-state index in [1.165, 1.54) is 6.07 Å². The molecule has 0 bridgehead atoms. The number of hydrogen-bond acceptors (Lipinski definition) is 5. The monoisotopic (exact) mass is 494 g/mol. The number of nitrogens with two attached hydrogens (primary N) is 1. The highest BCUT2D eigenvalue weighted by Gasteiger charge is 2.20. The maximum absolute atomic E-state index is 15.1. The Hall–Kier alpha value is -3.16. The van der Waals surface area contributed by atoms with Crippen molar-refractivity contribution in [3.05, 3.63) is 65.2 Å². The highest BCUT2D eigenvalue weighted by atomic mass is 35.5. The Kier molecular flexibility index (Phi) is 7.57. The molecule has 4 aromatic rings. The molecule has 0 aliphatic carbocycles. The van der Waals surface area contributed by atoms with Crippen LogP contribution in [0, 0.1) is 12.7 Å². The molecule has 0 saturated heterocycles. The Morgan fingerprint density at radius 3 is 2.46 bits per heavy atom. The van der Waals surface area contributed by atoms with Crippen LogP contribution in [0.15, 0.2) is 48.7 Å². The van der Waals surface area contributed by atoms with Crippen LogP contribution >= 0.6 is 11.6 Å². The quantitative estimate of drug-likeness (QED) is 0.313. The minimum Gasteiger partial charge on any atom is -0.383 e. The second-order valence-corrected chi connectivity index (χ2v) is 8.97. The van der Waals surface area contributed by atoms with E-state index in [1.54, 1.807) is 10.7 Å². The summed E-state index contributed by atoms with van der Waals surface area (Å²) in [5, 5.41) is 5.08. The number of rotatable bonds is 9. The number of nitrogen functional groups attached to an aromatic ring is 1. The van der Waals surface area contributed by atoms with E-state index in [9.17, 15) is 0 Å². The summed E-state index contributed by atoms with van der Waals surface area (Å²) in [6.07, 6.45) is 1.63. The van der Waals surface area contributed by atoms with Gasteiger partial charge in [0.05, 0.1) is 11.9 Å². The Balaban J connectivity index is 1.75. The van der Waals surface area contributed by atoms with E-state index in [-0.39, 0.29) is 5.82 Å². The van der Waals surface area contributed by atoms with Crippen molar-refractivity contribution >= 4 is 28.8 Å². The highest BCUT2D eigenvalue weighted by Crippen LogP contribution is 2.35. The second-order valence-electron chi connectivity index (χ2n) is 8.53. The van der Waals surface area contributed by atoms with Crippen molar-refractivity contribution in [3.8, 4) is 22.3 Å². The number of anilines is 2. The molecule has 8 heteroatoms. The highest BCUT2D eigenvalue weighted by molar-refractivity contribution is 6.30. The number of nitrogens with zero attached hydrogens (tertiary/aromatic N) is 5. The van der Waals surface area contributed by atoms with E-state index in [0.717, 1.165) is 55.2 Å². The molecular formula is C27H32ClFN6. The van der Waals surface area contributed by atoms with Crippen LogP contribution in [0.1, 0.15) is 26.5 Å². The van der Waals surface area contributed by atoms with Crippen LogP contribution in [0.4, 0.5) is 15.9 Å². The molecule has 2 heterocycles. The third kappa shape index (κ3) is 4.97. The molecule has 6 nitrogen and oxygen atoms in total. The molecule has 2 aromatic carbocycles. The Bertz CT molecular complexity index is 1330. The summed E-state index contributed by atoms with van der Waals surface area (Å²) >= 11 is 6.20. The van der Waals surface area contributed by atoms with Crippen LogP contribution < -0.4 is 10.6 Å². The first-order valence-corrected chi connectivity index (χ1v) is 12.4. The van der Waals surface area contributed by atoms with Gasteiger partial charge < -0.3 is 15.5 Å². The number of likely N-dealkylation sites (N-methyl/N-ethyl adjacent to an activating group) is 2. The molecule has 4 rings (SSSR count).